The summed E-state index contributed by atoms with van der Waals surface area (Å²) in [5.74, 6) is 0. The first kappa shape index (κ1) is 10.5. The van der Waals surface area contributed by atoms with Crippen LogP contribution in [0.5, 0.6) is 0 Å². The van der Waals surface area contributed by atoms with E-state index in [4.69, 9.17) is 0 Å². The molecule has 0 bridgehead atoms. The van der Waals surface area contributed by atoms with E-state index in [1.165, 1.54) is 19.3 Å². The minimum absolute atomic E-state index is 0. The van der Waals surface area contributed by atoms with E-state index < -0.39 is 0 Å². The molecule has 1 fully saturated rings. The number of hydrogen-bond acceptors (Lipinski definition) is 2. The molecule has 3 heteroatoms. The van der Waals surface area contributed by atoms with Gasteiger partial charge in [0.1, 0.15) is 0 Å². The van der Waals surface area contributed by atoms with E-state index >= 15 is 0 Å². The zero-order valence-corrected chi connectivity index (χ0v) is 6.81. The zero-order valence-electron chi connectivity index (χ0n) is 6.81. The zero-order chi connectivity index (χ0) is 6.53. The molecule has 0 aromatic rings. The molecule has 10 heavy (non-hydrogen) atoms. The van der Waals surface area contributed by atoms with Crippen molar-refractivity contribution in [2.24, 2.45) is 0 Å². The monoisotopic (exact) mass is 135 g/mol. The first-order valence-electron chi connectivity index (χ1n) is 3.74. The summed E-state index contributed by atoms with van der Waals surface area (Å²) in [5, 5.41) is 10.2. The van der Waals surface area contributed by atoms with Crippen LogP contribution in [0, 0.1) is 0 Å². The van der Waals surface area contributed by atoms with Crippen molar-refractivity contribution in [1.29, 1.82) is 0 Å². The van der Waals surface area contributed by atoms with Gasteiger partial charge in [0, 0.05) is 0 Å². The van der Waals surface area contributed by atoms with E-state index in [1.807, 2.05) is 0 Å². The largest absolute Gasteiger partial charge is 1.00 e. The van der Waals surface area contributed by atoms with Crippen molar-refractivity contribution in [1.82, 2.24) is 4.90 Å². The molecule has 0 unspecified atom stereocenters. The summed E-state index contributed by atoms with van der Waals surface area (Å²) in [7, 11) is 0. The summed E-state index contributed by atoms with van der Waals surface area (Å²) >= 11 is 0. The molecule has 0 aliphatic carbocycles. The van der Waals surface area contributed by atoms with Gasteiger partial charge in [-0.1, -0.05) is 6.42 Å². The number of likely N-dealkylation sites (tertiary alicyclic amines) is 1. The number of piperidine rings is 1. The molecule has 0 saturated carbocycles. The summed E-state index contributed by atoms with van der Waals surface area (Å²) in [6.45, 7) is 3.14. The molecule has 1 aliphatic rings. The van der Waals surface area contributed by atoms with Crippen LogP contribution in [-0.2, 0) is 0 Å². The normalized spacial score (nSPS) is 20.1. The Morgan fingerprint density at radius 2 is 1.70 bits per heavy atom. The third kappa shape index (κ3) is 3.63. The average Bonchev–Trinajstić information content (AvgIpc) is 1.91. The van der Waals surface area contributed by atoms with Crippen molar-refractivity contribution in [3.8, 4) is 0 Å². The number of rotatable bonds is 2. The predicted molar refractivity (Wildman–Crippen MR) is 35.2 cm³/mol. The molecule has 0 amide bonds. The van der Waals surface area contributed by atoms with Crippen LogP contribution >= 0.6 is 0 Å². The second kappa shape index (κ2) is 6.24. The van der Waals surface area contributed by atoms with Crippen LogP contribution in [-0.4, -0.2) is 31.1 Å². The van der Waals surface area contributed by atoms with Crippen molar-refractivity contribution in [3.05, 3.63) is 0 Å². The quantitative estimate of drug-likeness (QED) is 0.373. The standard InChI is InChI=1S/C7H14NO.Li/c9-7-6-8-4-2-1-3-5-8;/h1-7H2;/q-1;+1. The van der Waals surface area contributed by atoms with Crippen LogP contribution in [0.15, 0.2) is 0 Å². The molecule has 0 radical (unpaired) electrons. The average molecular weight is 135 g/mol. The second-order valence-electron chi connectivity index (χ2n) is 2.61. The Morgan fingerprint density at radius 1 is 1.10 bits per heavy atom. The summed E-state index contributed by atoms with van der Waals surface area (Å²) in [6, 6.07) is 0. The van der Waals surface area contributed by atoms with Gasteiger partial charge in [-0.05, 0) is 32.5 Å². The third-order valence-corrected chi connectivity index (χ3v) is 1.86. The van der Waals surface area contributed by atoms with Crippen molar-refractivity contribution in [3.63, 3.8) is 0 Å². The van der Waals surface area contributed by atoms with Gasteiger partial charge < -0.3 is 10.0 Å². The molecule has 1 rings (SSSR count). The van der Waals surface area contributed by atoms with Gasteiger partial charge in [0.2, 0.25) is 0 Å². The molecule has 0 N–H and O–H groups in total. The molecule has 1 heterocycles. The summed E-state index contributed by atoms with van der Waals surface area (Å²) in [6.07, 6.45) is 3.94. The Labute approximate surface area is 74.8 Å². The minimum atomic E-state index is 0. The Hall–Kier alpha value is 0.517. The smallest absolute Gasteiger partial charge is 0.854 e. The fraction of sp³-hybridized carbons (Fsp3) is 1.00. The second-order valence-corrected chi connectivity index (χ2v) is 2.61. The van der Waals surface area contributed by atoms with E-state index in [1.54, 1.807) is 0 Å². The SMILES string of the molecule is [Li+].[O-]CCN1CCCCC1. The molecule has 2 nitrogen and oxygen atoms in total. The predicted octanol–water partition coefficient (Wildman–Crippen LogP) is -3.16. The first-order chi connectivity index (χ1) is 4.43. The maximum Gasteiger partial charge on any atom is 1.00 e. The van der Waals surface area contributed by atoms with Crippen LogP contribution in [0.25, 0.3) is 0 Å². The molecule has 54 valence electrons. The van der Waals surface area contributed by atoms with Gasteiger partial charge in [-0.15, -0.1) is 6.61 Å². The van der Waals surface area contributed by atoms with E-state index in [0.717, 1.165) is 19.6 Å². The third-order valence-electron chi connectivity index (χ3n) is 1.86. The van der Waals surface area contributed by atoms with Crippen molar-refractivity contribution in [2.45, 2.75) is 19.3 Å². The maximum atomic E-state index is 10.2. The van der Waals surface area contributed by atoms with Crippen molar-refractivity contribution >= 4 is 0 Å². The van der Waals surface area contributed by atoms with Crippen molar-refractivity contribution < 1.29 is 24.0 Å². The van der Waals surface area contributed by atoms with E-state index in [9.17, 15) is 5.11 Å². The fourth-order valence-corrected chi connectivity index (χ4v) is 1.31. The Morgan fingerprint density at radius 3 is 2.20 bits per heavy atom. The molecule has 0 aromatic carbocycles. The first-order valence-corrected chi connectivity index (χ1v) is 3.74. The van der Waals surface area contributed by atoms with Gasteiger partial charge in [-0.2, -0.15) is 0 Å². The molecular weight excluding hydrogens is 121 g/mol. The minimum Gasteiger partial charge on any atom is -0.854 e. The molecule has 0 aromatic heterocycles. The molecule has 0 atom stereocenters. The van der Waals surface area contributed by atoms with Gasteiger partial charge in [0.25, 0.3) is 0 Å². The molecule has 1 saturated heterocycles. The summed E-state index contributed by atoms with van der Waals surface area (Å²) in [5.41, 5.74) is 0. The number of nitrogens with zero attached hydrogens (tertiary/aromatic N) is 1. The Kier molecular flexibility index (Phi) is 6.56. The topological polar surface area (TPSA) is 26.3 Å². The maximum absolute atomic E-state index is 10.2. The summed E-state index contributed by atoms with van der Waals surface area (Å²) in [4.78, 5) is 2.26. The van der Waals surface area contributed by atoms with Gasteiger partial charge in [-0.25, -0.2) is 0 Å². The van der Waals surface area contributed by atoms with Crippen LogP contribution in [0.1, 0.15) is 19.3 Å². The fourth-order valence-electron chi connectivity index (χ4n) is 1.31. The van der Waals surface area contributed by atoms with Gasteiger partial charge >= 0.3 is 18.9 Å². The van der Waals surface area contributed by atoms with Gasteiger partial charge in [-0.3, -0.25) is 0 Å². The Balaban J connectivity index is 0.000000810. The molecule has 1 aliphatic heterocycles. The van der Waals surface area contributed by atoms with Gasteiger partial charge in [0.15, 0.2) is 0 Å². The van der Waals surface area contributed by atoms with Gasteiger partial charge in [0.05, 0.1) is 0 Å². The van der Waals surface area contributed by atoms with Crippen LogP contribution < -0.4 is 24.0 Å². The Bertz CT molecular complexity index is 71.3. The molecule has 0 spiro atoms. The van der Waals surface area contributed by atoms with E-state index in [-0.39, 0.29) is 25.5 Å². The van der Waals surface area contributed by atoms with Crippen molar-refractivity contribution in [2.75, 3.05) is 26.2 Å². The number of hydrogen-bond donors (Lipinski definition) is 0. The van der Waals surface area contributed by atoms with E-state index in [2.05, 4.69) is 4.90 Å². The van der Waals surface area contributed by atoms with E-state index in [0.29, 0.717) is 0 Å². The molecular formula is C7H14LiNO. The van der Waals surface area contributed by atoms with Crippen LogP contribution in [0.2, 0.25) is 0 Å². The van der Waals surface area contributed by atoms with Crippen LogP contribution in [0.3, 0.4) is 0 Å². The van der Waals surface area contributed by atoms with Crippen LogP contribution in [0.4, 0.5) is 0 Å². The summed E-state index contributed by atoms with van der Waals surface area (Å²) < 4.78 is 0.